The minimum Gasteiger partial charge on any atom is -0.491 e. The highest BCUT2D eigenvalue weighted by atomic mass is 35.5. The molecule has 2 rings (SSSR count). The molecule has 1 heterocycles. The SMILES string of the molecule is Nc1cc(Cl)c(F)cc1OCC1CCOCC1. The summed E-state index contributed by atoms with van der Waals surface area (Å²) >= 11 is 5.61. The molecular weight excluding hydrogens is 245 g/mol. The number of anilines is 1. The van der Waals surface area contributed by atoms with Crippen LogP contribution in [0, 0.1) is 11.7 Å². The van der Waals surface area contributed by atoms with Gasteiger partial charge in [0.2, 0.25) is 0 Å². The van der Waals surface area contributed by atoms with Gasteiger partial charge in [-0.05, 0) is 24.8 Å². The van der Waals surface area contributed by atoms with Crippen LogP contribution in [0.2, 0.25) is 5.02 Å². The van der Waals surface area contributed by atoms with Crippen LogP contribution in [-0.4, -0.2) is 19.8 Å². The van der Waals surface area contributed by atoms with Crippen molar-refractivity contribution in [3.8, 4) is 5.75 Å². The Morgan fingerprint density at radius 1 is 1.41 bits per heavy atom. The number of rotatable bonds is 3. The topological polar surface area (TPSA) is 44.5 Å². The standard InChI is InChI=1S/C12H15ClFNO2/c13-9-5-11(15)12(6-10(9)14)17-7-8-1-3-16-4-2-8/h5-6,8H,1-4,7,15H2. The van der Waals surface area contributed by atoms with Crippen LogP contribution >= 0.6 is 11.6 Å². The fourth-order valence-corrected chi connectivity index (χ4v) is 1.96. The summed E-state index contributed by atoms with van der Waals surface area (Å²) in [5, 5.41) is 0.0147. The van der Waals surface area contributed by atoms with E-state index >= 15 is 0 Å². The molecule has 94 valence electrons. The summed E-state index contributed by atoms with van der Waals surface area (Å²) < 4.78 is 24.0. The van der Waals surface area contributed by atoms with Crippen molar-refractivity contribution in [1.29, 1.82) is 0 Å². The summed E-state index contributed by atoms with van der Waals surface area (Å²) in [4.78, 5) is 0. The molecule has 0 bridgehead atoms. The first-order valence-corrected chi connectivity index (χ1v) is 5.99. The Balaban J connectivity index is 1.96. The molecule has 0 saturated carbocycles. The number of nitrogen functional groups attached to an aromatic ring is 1. The molecule has 3 nitrogen and oxygen atoms in total. The van der Waals surface area contributed by atoms with Gasteiger partial charge >= 0.3 is 0 Å². The van der Waals surface area contributed by atoms with Gasteiger partial charge in [-0.1, -0.05) is 11.6 Å². The number of nitrogens with two attached hydrogens (primary N) is 1. The summed E-state index contributed by atoms with van der Waals surface area (Å²) in [5.41, 5.74) is 6.07. The van der Waals surface area contributed by atoms with E-state index in [0.717, 1.165) is 26.1 Å². The van der Waals surface area contributed by atoms with Gasteiger partial charge in [-0.3, -0.25) is 0 Å². The number of hydrogen-bond acceptors (Lipinski definition) is 3. The van der Waals surface area contributed by atoms with Crippen LogP contribution in [-0.2, 0) is 4.74 Å². The van der Waals surface area contributed by atoms with E-state index in [1.54, 1.807) is 0 Å². The maximum Gasteiger partial charge on any atom is 0.145 e. The summed E-state index contributed by atoms with van der Waals surface area (Å²) in [6.45, 7) is 2.06. The Kier molecular flexibility index (Phi) is 4.07. The Morgan fingerprint density at radius 3 is 2.82 bits per heavy atom. The van der Waals surface area contributed by atoms with Gasteiger partial charge in [0, 0.05) is 19.3 Å². The molecule has 0 unspecified atom stereocenters. The predicted octanol–water partition coefficient (Wildman–Crippen LogP) is 2.87. The molecule has 1 aliphatic heterocycles. The van der Waals surface area contributed by atoms with E-state index in [9.17, 15) is 4.39 Å². The number of benzene rings is 1. The summed E-state index contributed by atoms with van der Waals surface area (Å²) in [7, 11) is 0. The Hall–Kier alpha value is -1.00. The van der Waals surface area contributed by atoms with Gasteiger partial charge in [0.1, 0.15) is 11.6 Å². The van der Waals surface area contributed by atoms with E-state index in [2.05, 4.69) is 0 Å². The van der Waals surface area contributed by atoms with Crippen molar-refractivity contribution in [2.75, 3.05) is 25.6 Å². The maximum absolute atomic E-state index is 13.2. The molecule has 0 amide bonds. The van der Waals surface area contributed by atoms with Gasteiger partial charge in [-0.25, -0.2) is 4.39 Å². The van der Waals surface area contributed by atoms with Crippen molar-refractivity contribution in [3.63, 3.8) is 0 Å². The molecule has 17 heavy (non-hydrogen) atoms. The van der Waals surface area contributed by atoms with Crippen molar-refractivity contribution >= 4 is 17.3 Å². The van der Waals surface area contributed by atoms with Crippen molar-refractivity contribution in [2.24, 2.45) is 5.92 Å². The van der Waals surface area contributed by atoms with E-state index in [1.807, 2.05) is 0 Å². The third-order valence-corrected chi connectivity index (χ3v) is 3.16. The first kappa shape index (κ1) is 12.5. The lowest BCUT2D eigenvalue weighted by Crippen LogP contribution is -2.21. The first-order chi connectivity index (χ1) is 8.16. The van der Waals surface area contributed by atoms with Crippen molar-refractivity contribution < 1.29 is 13.9 Å². The molecular formula is C12H15ClFNO2. The van der Waals surface area contributed by atoms with Crippen molar-refractivity contribution in [2.45, 2.75) is 12.8 Å². The molecule has 1 saturated heterocycles. The minimum atomic E-state index is -0.511. The number of ether oxygens (including phenoxy) is 2. The first-order valence-electron chi connectivity index (χ1n) is 5.62. The Bertz CT molecular complexity index is 394. The quantitative estimate of drug-likeness (QED) is 0.849. The molecule has 5 heteroatoms. The van der Waals surface area contributed by atoms with Crippen LogP contribution in [0.4, 0.5) is 10.1 Å². The van der Waals surface area contributed by atoms with Crippen LogP contribution in [0.15, 0.2) is 12.1 Å². The van der Waals surface area contributed by atoms with E-state index in [-0.39, 0.29) is 5.02 Å². The number of halogens is 2. The third kappa shape index (κ3) is 3.23. The largest absolute Gasteiger partial charge is 0.491 e. The fraction of sp³-hybridized carbons (Fsp3) is 0.500. The van der Waals surface area contributed by atoms with Gasteiger partial charge in [0.05, 0.1) is 17.3 Å². The highest BCUT2D eigenvalue weighted by Gasteiger charge is 2.15. The normalized spacial score (nSPS) is 17.1. The van der Waals surface area contributed by atoms with Gasteiger partial charge in [0.25, 0.3) is 0 Å². The highest BCUT2D eigenvalue weighted by molar-refractivity contribution is 6.31. The van der Waals surface area contributed by atoms with Gasteiger partial charge in [-0.15, -0.1) is 0 Å². The van der Waals surface area contributed by atoms with E-state index < -0.39 is 5.82 Å². The Morgan fingerprint density at radius 2 is 2.12 bits per heavy atom. The van der Waals surface area contributed by atoms with Gasteiger partial charge in [0.15, 0.2) is 0 Å². The van der Waals surface area contributed by atoms with Crippen molar-refractivity contribution in [3.05, 3.63) is 23.0 Å². The monoisotopic (exact) mass is 259 g/mol. The molecule has 0 atom stereocenters. The highest BCUT2D eigenvalue weighted by Crippen LogP contribution is 2.29. The average molecular weight is 260 g/mol. The molecule has 0 aromatic heterocycles. The zero-order valence-electron chi connectivity index (χ0n) is 9.42. The third-order valence-electron chi connectivity index (χ3n) is 2.87. The van der Waals surface area contributed by atoms with Crippen LogP contribution in [0.5, 0.6) is 5.75 Å². The maximum atomic E-state index is 13.2. The van der Waals surface area contributed by atoms with E-state index in [0.29, 0.717) is 24.0 Å². The lowest BCUT2D eigenvalue weighted by Gasteiger charge is -2.22. The second-order valence-electron chi connectivity index (χ2n) is 4.17. The molecule has 1 aromatic carbocycles. The van der Waals surface area contributed by atoms with Gasteiger partial charge in [-0.2, -0.15) is 0 Å². The van der Waals surface area contributed by atoms with Crippen LogP contribution < -0.4 is 10.5 Å². The zero-order valence-corrected chi connectivity index (χ0v) is 10.2. The smallest absolute Gasteiger partial charge is 0.145 e. The lowest BCUT2D eigenvalue weighted by atomic mass is 10.0. The minimum absolute atomic E-state index is 0.0147. The molecule has 0 spiro atoms. The van der Waals surface area contributed by atoms with Crippen LogP contribution in [0.1, 0.15) is 12.8 Å². The predicted molar refractivity (Wildman–Crippen MR) is 64.9 cm³/mol. The van der Waals surface area contributed by atoms with Crippen LogP contribution in [0.3, 0.4) is 0 Å². The average Bonchev–Trinajstić information content (AvgIpc) is 2.33. The summed E-state index contributed by atoms with van der Waals surface area (Å²) in [6, 6.07) is 2.60. The zero-order chi connectivity index (χ0) is 12.3. The summed E-state index contributed by atoms with van der Waals surface area (Å²) in [6.07, 6.45) is 1.94. The molecule has 0 radical (unpaired) electrons. The van der Waals surface area contributed by atoms with Crippen molar-refractivity contribution in [1.82, 2.24) is 0 Å². The van der Waals surface area contributed by atoms with Gasteiger partial charge < -0.3 is 15.2 Å². The molecule has 0 aliphatic carbocycles. The molecule has 1 aromatic rings. The summed E-state index contributed by atoms with van der Waals surface area (Å²) in [5.74, 6) is 0.295. The fourth-order valence-electron chi connectivity index (χ4n) is 1.79. The van der Waals surface area contributed by atoms with Crippen LogP contribution in [0.25, 0.3) is 0 Å². The molecule has 1 fully saturated rings. The second-order valence-corrected chi connectivity index (χ2v) is 4.58. The second kappa shape index (κ2) is 5.56. The molecule has 2 N–H and O–H groups in total. The Labute approximate surface area is 105 Å². The van der Waals surface area contributed by atoms with E-state index in [1.165, 1.54) is 12.1 Å². The van der Waals surface area contributed by atoms with E-state index in [4.69, 9.17) is 26.8 Å². The lowest BCUT2D eigenvalue weighted by molar-refractivity contribution is 0.0498. The number of hydrogen-bond donors (Lipinski definition) is 1. The molecule has 1 aliphatic rings.